The Morgan fingerprint density at radius 2 is 1.03 bits per heavy atom. The molecule has 23 heteroatoms. The normalized spacial score (nSPS) is 18.6. The van der Waals surface area contributed by atoms with Crippen molar-refractivity contribution in [3.63, 3.8) is 0 Å². The Labute approximate surface area is 198 Å². The van der Waals surface area contributed by atoms with Crippen molar-refractivity contribution >= 4 is 42.2 Å². The van der Waals surface area contributed by atoms with Gasteiger partial charge < -0.3 is 9.63 Å². The molecule has 0 radical (unpaired) electrons. The lowest BCUT2D eigenvalue weighted by Crippen LogP contribution is -2.74. The van der Waals surface area contributed by atoms with Gasteiger partial charge in [0.15, 0.2) is 5.85 Å². The van der Waals surface area contributed by atoms with E-state index in [1.54, 1.807) is 0 Å². The fraction of sp³-hybridized carbons (Fsp3) is 1.00. The largest absolute Gasteiger partial charge is 0.384 e. The van der Waals surface area contributed by atoms with Gasteiger partial charge in [-0.2, -0.15) is 61.5 Å². The molecule has 0 heterocycles. The minimum Gasteiger partial charge on any atom is -0.379 e. The molecule has 2 atom stereocenters. The first-order valence-corrected chi connectivity index (χ1v) is 11.0. The third-order valence-electron chi connectivity index (χ3n) is 3.97. The van der Waals surface area contributed by atoms with Gasteiger partial charge in [0.05, 0.1) is 0 Å². The van der Waals surface area contributed by atoms with Crippen molar-refractivity contribution in [3.05, 3.63) is 0 Å². The molecule has 0 saturated heterocycles. The molecular weight excluding hydrogens is 633 g/mol. The van der Waals surface area contributed by atoms with Crippen molar-refractivity contribution in [1.82, 2.24) is 0 Å². The van der Waals surface area contributed by atoms with E-state index in [1.807, 2.05) is 0 Å². The van der Waals surface area contributed by atoms with E-state index in [2.05, 4.69) is 4.52 Å². The molecule has 0 aliphatic carbocycles. The third-order valence-corrected chi connectivity index (χ3v) is 6.96. The molecule has 0 aromatic heterocycles. The molecule has 0 saturated carbocycles. The molecule has 0 aliphatic heterocycles. The van der Waals surface area contributed by atoms with Crippen LogP contribution in [-0.2, 0) is 9.09 Å². The van der Waals surface area contributed by atoms with Crippen molar-refractivity contribution < 1.29 is 84.4 Å². The van der Waals surface area contributed by atoms with Gasteiger partial charge in [0.25, 0.3) is 0 Å². The van der Waals surface area contributed by atoms with Gasteiger partial charge in [-0.1, -0.05) is 34.8 Å². The first-order valence-electron chi connectivity index (χ1n) is 7.70. The number of alkyl halides is 19. The first-order chi connectivity index (χ1) is 14.8. The zero-order chi connectivity index (χ0) is 29.1. The monoisotopic (exact) mass is 640 g/mol. The summed E-state index contributed by atoms with van der Waals surface area (Å²) in [7, 11) is -5.29. The standard InChI is InChI=1S/C12H8Cl3F16O3P/c1-35(33,4(32)7(13,14)15)34-2-5(18,19)8(22,23)10(26,27)12(30,31)11(28,29)9(24,25)6(20,21)3(16)17/h3-4,32H,2H2,1H3. The lowest BCUT2D eigenvalue weighted by atomic mass is 9.89. The fourth-order valence-corrected chi connectivity index (χ4v) is 4.49. The highest BCUT2D eigenvalue weighted by Gasteiger charge is 2.93. The van der Waals surface area contributed by atoms with Crippen molar-refractivity contribution in [2.24, 2.45) is 0 Å². The number of hydrogen-bond acceptors (Lipinski definition) is 3. The van der Waals surface area contributed by atoms with Gasteiger partial charge in [-0.25, -0.2) is 8.78 Å². The molecule has 35 heavy (non-hydrogen) atoms. The second-order valence-corrected chi connectivity index (χ2v) is 11.5. The number of aliphatic hydroxyl groups is 1. The minimum absolute atomic E-state index is 0.0433. The topological polar surface area (TPSA) is 46.5 Å². The van der Waals surface area contributed by atoms with Crippen LogP contribution in [0.4, 0.5) is 70.2 Å². The highest BCUT2D eigenvalue weighted by atomic mass is 35.6. The third kappa shape index (κ3) is 5.54. The molecule has 0 spiro atoms. The first kappa shape index (κ1) is 34.9. The van der Waals surface area contributed by atoms with E-state index in [-0.39, 0.29) is 6.66 Å². The van der Waals surface area contributed by atoms with Crippen LogP contribution in [0.25, 0.3) is 0 Å². The second kappa shape index (κ2) is 9.58. The number of halogens is 19. The molecule has 212 valence electrons. The molecule has 1 N–H and O–H groups in total. The van der Waals surface area contributed by atoms with Crippen LogP contribution < -0.4 is 0 Å². The summed E-state index contributed by atoms with van der Waals surface area (Å²) < 4.78 is 223. The fourth-order valence-electron chi connectivity index (χ4n) is 1.80. The molecule has 3 nitrogen and oxygen atoms in total. The van der Waals surface area contributed by atoms with Gasteiger partial charge in [-0.15, -0.1) is 0 Å². The van der Waals surface area contributed by atoms with Crippen molar-refractivity contribution in [2.45, 2.75) is 57.5 Å². The predicted molar refractivity (Wildman–Crippen MR) is 86.4 cm³/mol. The van der Waals surface area contributed by atoms with E-state index in [4.69, 9.17) is 34.8 Å². The van der Waals surface area contributed by atoms with E-state index >= 15 is 0 Å². The average Bonchev–Trinajstić information content (AvgIpc) is 2.64. The maximum Gasteiger partial charge on any atom is 0.384 e. The van der Waals surface area contributed by atoms with Gasteiger partial charge in [-0.3, -0.25) is 4.57 Å². The summed E-state index contributed by atoms with van der Waals surface area (Å²) >= 11 is 15.0. The van der Waals surface area contributed by atoms with E-state index in [0.29, 0.717) is 0 Å². The molecule has 0 amide bonds. The maximum atomic E-state index is 13.7. The SMILES string of the molecule is CP(=O)(OCC(F)(F)C(F)(F)C(F)(F)C(F)(F)C(F)(F)C(F)(F)C(F)(F)C(F)F)C(O)C(Cl)(Cl)Cl. The van der Waals surface area contributed by atoms with Crippen LogP contribution in [0.15, 0.2) is 0 Å². The highest BCUT2D eigenvalue weighted by molar-refractivity contribution is 7.59. The highest BCUT2D eigenvalue weighted by Crippen LogP contribution is 2.63. The Morgan fingerprint density at radius 3 is 1.34 bits per heavy atom. The van der Waals surface area contributed by atoms with E-state index < -0.39 is 71.5 Å². The van der Waals surface area contributed by atoms with Crippen molar-refractivity contribution in [1.29, 1.82) is 0 Å². The second-order valence-electron chi connectivity index (χ2n) is 6.60. The van der Waals surface area contributed by atoms with E-state index in [0.717, 1.165) is 0 Å². The number of aliphatic hydroxyl groups excluding tert-OH is 1. The molecule has 0 aromatic carbocycles. The van der Waals surface area contributed by atoms with Gasteiger partial charge in [-0.05, 0) is 0 Å². The Hall–Kier alpha value is -0.100. The summed E-state index contributed by atoms with van der Waals surface area (Å²) in [4.78, 5) is 0. The number of hydrogen-bond donors (Lipinski definition) is 1. The Balaban J connectivity index is 6.45. The molecule has 0 fully saturated rings. The van der Waals surface area contributed by atoms with Crippen LogP contribution in [0.2, 0.25) is 0 Å². The van der Waals surface area contributed by atoms with Gasteiger partial charge >= 0.3 is 47.9 Å². The Kier molecular flexibility index (Phi) is 9.55. The van der Waals surface area contributed by atoms with Gasteiger partial charge in [0.1, 0.15) is 6.61 Å². The minimum atomic E-state index is -8.58. The van der Waals surface area contributed by atoms with Crippen molar-refractivity contribution in [2.75, 3.05) is 13.3 Å². The Bertz CT molecular complexity index is 815. The summed E-state index contributed by atoms with van der Waals surface area (Å²) in [5, 5.41) is 9.32. The van der Waals surface area contributed by atoms with Crippen LogP contribution in [0.5, 0.6) is 0 Å². The zero-order valence-electron chi connectivity index (χ0n) is 15.8. The van der Waals surface area contributed by atoms with Crippen LogP contribution in [0, 0.1) is 0 Å². The zero-order valence-corrected chi connectivity index (χ0v) is 18.9. The van der Waals surface area contributed by atoms with E-state index in [9.17, 15) is 79.9 Å². The molecule has 0 rings (SSSR count). The Morgan fingerprint density at radius 1 is 0.714 bits per heavy atom. The summed E-state index contributed by atoms with van der Waals surface area (Å²) in [6, 6.07) is 0. The lowest BCUT2D eigenvalue weighted by Gasteiger charge is -2.42. The van der Waals surface area contributed by atoms with E-state index in [1.165, 1.54) is 0 Å². The molecular formula is C12H8Cl3F16O3P. The average molecular weight is 641 g/mol. The van der Waals surface area contributed by atoms with Crippen LogP contribution in [0.1, 0.15) is 0 Å². The predicted octanol–water partition coefficient (Wildman–Crippen LogP) is 7.31. The smallest absolute Gasteiger partial charge is 0.379 e. The summed E-state index contributed by atoms with van der Waals surface area (Å²) in [6.07, 6.45) is -5.95. The summed E-state index contributed by atoms with van der Waals surface area (Å²) in [5.74, 6) is -59.1. The molecule has 0 aromatic rings. The molecule has 0 aliphatic rings. The van der Waals surface area contributed by atoms with Crippen LogP contribution >= 0.6 is 42.2 Å². The summed E-state index contributed by atoms with van der Waals surface area (Å²) in [6.45, 7) is -3.39. The quantitative estimate of drug-likeness (QED) is 0.146. The summed E-state index contributed by atoms with van der Waals surface area (Å²) in [5.41, 5.74) is 0. The maximum absolute atomic E-state index is 13.7. The van der Waals surface area contributed by atoms with Crippen molar-refractivity contribution in [3.8, 4) is 0 Å². The van der Waals surface area contributed by atoms with Crippen LogP contribution in [-0.4, -0.2) is 75.9 Å². The van der Waals surface area contributed by atoms with Gasteiger partial charge in [0.2, 0.25) is 11.2 Å². The van der Waals surface area contributed by atoms with Gasteiger partial charge in [0, 0.05) is 6.66 Å². The lowest BCUT2D eigenvalue weighted by molar-refractivity contribution is -0.447. The number of rotatable bonds is 11. The molecule has 2 unspecified atom stereocenters. The molecule has 0 bridgehead atoms. The van der Waals surface area contributed by atoms with Crippen LogP contribution in [0.3, 0.4) is 0 Å².